The van der Waals surface area contributed by atoms with Crippen LogP contribution in [0.5, 0.6) is 5.75 Å². The van der Waals surface area contributed by atoms with Gasteiger partial charge in [-0.2, -0.15) is 0 Å². The van der Waals surface area contributed by atoms with Gasteiger partial charge in [-0.3, -0.25) is 4.79 Å². The van der Waals surface area contributed by atoms with Crippen LogP contribution in [0.4, 0.5) is 4.39 Å². The van der Waals surface area contributed by atoms with Crippen molar-refractivity contribution in [2.24, 2.45) is 0 Å². The average Bonchev–Trinajstić information content (AvgIpc) is 2.42. The summed E-state index contributed by atoms with van der Waals surface area (Å²) in [6.07, 6.45) is 0.300. The molecule has 19 heavy (non-hydrogen) atoms. The van der Waals surface area contributed by atoms with Crippen LogP contribution in [-0.2, 0) is 11.2 Å². The number of ketones is 1. The minimum Gasteiger partial charge on any atom is -0.483 e. The number of carbonyl (C=O) groups excluding carboxylic acids is 1. The van der Waals surface area contributed by atoms with Crippen LogP contribution in [0.15, 0.2) is 48.5 Å². The highest BCUT2D eigenvalue weighted by Crippen LogP contribution is 2.19. The number of halogens is 1. The molecule has 0 aromatic heterocycles. The fraction of sp³-hybridized carbons (Fsp3) is 0.188. The standard InChI is InChI=1S/C16H15FO2/c1-12-6-5-9-15(16(12)17)19-11-14(18)10-13-7-3-2-4-8-13/h2-9H,10-11H2,1H3. The lowest BCUT2D eigenvalue weighted by molar-refractivity contribution is -0.120. The van der Waals surface area contributed by atoms with Crippen LogP contribution in [0.3, 0.4) is 0 Å². The van der Waals surface area contributed by atoms with E-state index in [-0.39, 0.29) is 18.1 Å². The smallest absolute Gasteiger partial charge is 0.174 e. The number of aryl methyl sites for hydroxylation is 1. The zero-order valence-corrected chi connectivity index (χ0v) is 10.7. The summed E-state index contributed by atoms with van der Waals surface area (Å²) < 4.78 is 18.9. The van der Waals surface area contributed by atoms with E-state index >= 15 is 0 Å². The Morgan fingerprint density at radius 1 is 1.11 bits per heavy atom. The number of ether oxygens (including phenoxy) is 1. The Hall–Kier alpha value is -2.16. The second-order valence-corrected chi connectivity index (χ2v) is 4.38. The van der Waals surface area contributed by atoms with E-state index in [1.54, 1.807) is 19.1 Å². The van der Waals surface area contributed by atoms with Crippen LogP contribution in [0, 0.1) is 12.7 Å². The molecule has 2 nitrogen and oxygen atoms in total. The van der Waals surface area contributed by atoms with Gasteiger partial charge in [0, 0.05) is 6.42 Å². The molecule has 98 valence electrons. The molecule has 0 spiro atoms. The average molecular weight is 258 g/mol. The minimum atomic E-state index is -0.407. The first-order chi connectivity index (χ1) is 9.16. The van der Waals surface area contributed by atoms with Crippen LogP contribution in [0.1, 0.15) is 11.1 Å². The summed E-state index contributed by atoms with van der Waals surface area (Å²) in [4.78, 5) is 11.7. The summed E-state index contributed by atoms with van der Waals surface area (Å²) in [6, 6.07) is 14.3. The molecule has 0 saturated heterocycles. The maximum absolute atomic E-state index is 13.6. The van der Waals surface area contributed by atoms with Crippen molar-refractivity contribution in [1.82, 2.24) is 0 Å². The zero-order chi connectivity index (χ0) is 13.7. The zero-order valence-electron chi connectivity index (χ0n) is 10.7. The lowest BCUT2D eigenvalue weighted by Gasteiger charge is -2.08. The van der Waals surface area contributed by atoms with E-state index in [1.807, 2.05) is 30.3 Å². The molecule has 2 rings (SSSR count). The second kappa shape index (κ2) is 6.14. The van der Waals surface area contributed by atoms with Crippen molar-refractivity contribution in [2.45, 2.75) is 13.3 Å². The van der Waals surface area contributed by atoms with Gasteiger partial charge in [0.15, 0.2) is 17.3 Å². The number of Topliss-reactive ketones (excluding diaryl/α,β-unsaturated/α-hetero) is 1. The van der Waals surface area contributed by atoms with Crippen molar-refractivity contribution in [1.29, 1.82) is 0 Å². The molecule has 0 saturated carbocycles. The largest absolute Gasteiger partial charge is 0.483 e. The fourth-order valence-corrected chi connectivity index (χ4v) is 1.76. The molecule has 2 aromatic carbocycles. The number of hydrogen-bond donors (Lipinski definition) is 0. The molecule has 0 atom stereocenters. The molecule has 0 aliphatic heterocycles. The molecule has 0 amide bonds. The molecular formula is C16H15FO2. The Balaban J connectivity index is 1.92. The van der Waals surface area contributed by atoms with E-state index in [4.69, 9.17) is 4.74 Å². The molecule has 3 heteroatoms. The first-order valence-corrected chi connectivity index (χ1v) is 6.10. The highest BCUT2D eigenvalue weighted by molar-refractivity contribution is 5.82. The molecule has 0 heterocycles. The van der Waals surface area contributed by atoms with E-state index in [2.05, 4.69) is 0 Å². The van der Waals surface area contributed by atoms with Crippen molar-refractivity contribution < 1.29 is 13.9 Å². The monoisotopic (exact) mass is 258 g/mol. The van der Waals surface area contributed by atoms with Crippen molar-refractivity contribution >= 4 is 5.78 Å². The maximum Gasteiger partial charge on any atom is 0.174 e. The van der Waals surface area contributed by atoms with Gasteiger partial charge >= 0.3 is 0 Å². The second-order valence-electron chi connectivity index (χ2n) is 4.38. The van der Waals surface area contributed by atoms with Crippen LogP contribution < -0.4 is 4.74 Å². The number of hydrogen-bond acceptors (Lipinski definition) is 2. The van der Waals surface area contributed by atoms with Crippen molar-refractivity contribution in [3.63, 3.8) is 0 Å². The third-order valence-corrected chi connectivity index (χ3v) is 2.79. The van der Waals surface area contributed by atoms with Gasteiger partial charge < -0.3 is 4.74 Å². The fourth-order valence-electron chi connectivity index (χ4n) is 1.76. The first-order valence-electron chi connectivity index (χ1n) is 6.10. The molecule has 0 radical (unpaired) electrons. The van der Waals surface area contributed by atoms with Gasteiger partial charge in [-0.05, 0) is 24.1 Å². The summed E-state index contributed by atoms with van der Waals surface area (Å²) in [5.74, 6) is -0.358. The molecule has 2 aromatic rings. The van der Waals surface area contributed by atoms with Crippen molar-refractivity contribution in [3.8, 4) is 5.75 Å². The Kier molecular flexibility index (Phi) is 4.29. The third kappa shape index (κ3) is 3.65. The van der Waals surface area contributed by atoms with E-state index in [9.17, 15) is 9.18 Å². The van der Waals surface area contributed by atoms with Crippen molar-refractivity contribution in [2.75, 3.05) is 6.61 Å². The molecule has 0 bridgehead atoms. The van der Waals surface area contributed by atoms with E-state index in [0.29, 0.717) is 12.0 Å². The normalized spacial score (nSPS) is 10.2. The summed E-state index contributed by atoms with van der Waals surface area (Å²) in [6.45, 7) is 1.54. The Morgan fingerprint density at radius 2 is 1.84 bits per heavy atom. The van der Waals surface area contributed by atoms with Crippen molar-refractivity contribution in [3.05, 3.63) is 65.5 Å². The quantitative estimate of drug-likeness (QED) is 0.822. The third-order valence-electron chi connectivity index (χ3n) is 2.79. The van der Waals surface area contributed by atoms with E-state index in [1.165, 1.54) is 6.07 Å². The highest BCUT2D eigenvalue weighted by Gasteiger charge is 2.09. The molecular weight excluding hydrogens is 243 g/mol. The molecule has 0 unspecified atom stereocenters. The van der Waals surface area contributed by atoms with Gasteiger partial charge in [0.25, 0.3) is 0 Å². The maximum atomic E-state index is 13.6. The summed E-state index contributed by atoms with van der Waals surface area (Å²) in [5, 5.41) is 0. The first kappa shape index (κ1) is 13.3. The Bertz CT molecular complexity index is 564. The predicted molar refractivity (Wildman–Crippen MR) is 71.8 cm³/mol. The number of benzene rings is 2. The summed E-state index contributed by atoms with van der Waals surface area (Å²) in [7, 11) is 0. The van der Waals surface area contributed by atoms with Gasteiger partial charge in [-0.15, -0.1) is 0 Å². The van der Waals surface area contributed by atoms with Gasteiger partial charge in [-0.1, -0.05) is 42.5 Å². The van der Waals surface area contributed by atoms with E-state index in [0.717, 1.165) is 5.56 Å². The van der Waals surface area contributed by atoms with Crippen LogP contribution >= 0.6 is 0 Å². The van der Waals surface area contributed by atoms with Gasteiger partial charge in [0.1, 0.15) is 6.61 Å². The van der Waals surface area contributed by atoms with Gasteiger partial charge in [-0.25, -0.2) is 4.39 Å². The van der Waals surface area contributed by atoms with Gasteiger partial charge in [0.2, 0.25) is 0 Å². The number of carbonyl (C=O) groups is 1. The summed E-state index contributed by atoms with van der Waals surface area (Å²) in [5.41, 5.74) is 1.44. The lowest BCUT2D eigenvalue weighted by Crippen LogP contribution is -2.14. The number of rotatable bonds is 5. The molecule has 0 aliphatic rings. The Morgan fingerprint density at radius 3 is 2.58 bits per heavy atom. The van der Waals surface area contributed by atoms with Gasteiger partial charge in [0.05, 0.1) is 0 Å². The molecule has 0 aliphatic carbocycles. The van der Waals surface area contributed by atoms with Crippen LogP contribution in [0.2, 0.25) is 0 Å². The SMILES string of the molecule is Cc1cccc(OCC(=O)Cc2ccccc2)c1F. The molecule has 0 fully saturated rings. The highest BCUT2D eigenvalue weighted by atomic mass is 19.1. The Labute approximate surface area is 111 Å². The summed E-state index contributed by atoms with van der Waals surface area (Å²) >= 11 is 0. The molecule has 0 N–H and O–H groups in total. The van der Waals surface area contributed by atoms with Crippen LogP contribution in [-0.4, -0.2) is 12.4 Å². The topological polar surface area (TPSA) is 26.3 Å². The van der Waals surface area contributed by atoms with E-state index < -0.39 is 5.82 Å². The lowest BCUT2D eigenvalue weighted by atomic mass is 10.1. The van der Waals surface area contributed by atoms with Crippen LogP contribution in [0.25, 0.3) is 0 Å². The predicted octanol–water partition coefficient (Wildman–Crippen LogP) is 3.32. The minimum absolute atomic E-state index is 0.0768.